The molecule has 0 radical (unpaired) electrons. The molecule has 1 amide bonds. The third kappa shape index (κ3) is 3.09. The lowest BCUT2D eigenvalue weighted by atomic mass is 10.0. The average Bonchev–Trinajstić information content (AvgIpc) is 3.09. The number of carbonyl (C=O) groups excluding carboxylic acids is 1. The molecule has 2 aliphatic rings. The first-order chi connectivity index (χ1) is 11.5. The van der Waals surface area contributed by atoms with Gasteiger partial charge in [0.05, 0.1) is 0 Å². The van der Waals surface area contributed by atoms with Crippen molar-refractivity contribution in [2.24, 2.45) is 5.92 Å². The van der Waals surface area contributed by atoms with Crippen molar-refractivity contribution in [1.82, 2.24) is 9.47 Å². The van der Waals surface area contributed by atoms with Crippen molar-refractivity contribution in [3.8, 4) is 0 Å². The molecule has 6 nitrogen and oxygen atoms in total. The van der Waals surface area contributed by atoms with Crippen molar-refractivity contribution in [1.29, 1.82) is 0 Å². The predicted molar refractivity (Wildman–Crippen MR) is 89.2 cm³/mol. The summed E-state index contributed by atoms with van der Waals surface area (Å²) in [6.45, 7) is 2.92. The Kier molecular flexibility index (Phi) is 4.73. The Hall–Kier alpha value is -2.11. The van der Waals surface area contributed by atoms with Gasteiger partial charge in [-0.1, -0.05) is 12.8 Å². The summed E-state index contributed by atoms with van der Waals surface area (Å²) in [6.07, 6.45) is 7.35. The van der Waals surface area contributed by atoms with Crippen LogP contribution in [0.2, 0.25) is 0 Å². The van der Waals surface area contributed by atoms with Gasteiger partial charge in [-0.3, -0.25) is 9.59 Å². The van der Waals surface area contributed by atoms with Crippen LogP contribution >= 0.6 is 0 Å². The van der Waals surface area contributed by atoms with E-state index in [2.05, 4.69) is 0 Å². The molecule has 3 rings (SSSR count). The maximum absolute atomic E-state index is 12.5. The SMILES string of the molecule is Cc1ccn(C2CCN(C(=O)C3CCCC3)CC2)c(=O)c1C(=O)O. The number of carboxylic acid groups (broad SMARTS) is 1. The van der Waals surface area contributed by atoms with Gasteiger partial charge in [0, 0.05) is 31.2 Å². The standard InChI is InChI=1S/C18H24N2O4/c1-12-6-11-20(17(22)15(12)18(23)24)14-7-9-19(10-8-14)16(21)13-4-2-3-5-13/h6,11,13-14H,2-5,7-10H2,1H3,(H,23,24). The Morgan fingerprint density at radius 1 is 1.12 bits per heavy atom. The predicted octanol–water partition coefficient (Wildman–Crippen LogP) is 2.21. The molecule has 1 saturated heterocycles. The second-order valence-corrected chi connectivity index (χ2v) is 6.93. The zero-order chi connectivity index (χ0) is 17.3. The summed E-state index contributed by atoms with van der Waals surface area (Å²) in [5.41, 5.74) is -0.109. The molecule has 2 fully saturated rings. The minimum Gasteiger partial charge on any atom is -0.477 e. The van der Waals surface area contributed by atoms with Crippen LogP contribution in [0.3, 0.4) is 0 Å². The minimum atomic E-state index is -1.18. The molecule has 1 saturated carbocycles. The Balaban J connectivity index is 1.71. The van der Waals surface area contributed by atoms with Gasteiger partial charge in [0.2, 0.25) is 5.91 Å². The fourth-order valence-electron chi connectivity index (χ4n) is 3.98. The van der Waals surface area contributed by atoms with Gasteiger partial charge in [-0.2, -0.15) is 0 Å². The minimum absolute atomic E-state index is 0.0381. The molecule has 1 N–H and O–H groups in total. The molecular formula is C18H24N2O4. The molecule has 1 aromatic rings. The van der Waals surface area contributed by atoms with Crippen LogP contribution < -0.4 is 5.56 Å². The molecule has 0 aromatic carbocycles. The molecule has 1 aliphatic heterocycles. The molecule has 0 unspecified atom stereocenters. The molecule has 6 heteroatoms. The van der Waals surface area contributed by atoms with Gasteiger partial charge in [0.25, 0.3) is 5.56 Å². The molecule has 0 bridgehead atoms. The maximum Gasteiger partial charge on any atom is 0.341 e. The highest BCUT2D eigenvalue weighted by Crippen LogP contribution is 2.29. The van der Waals surface area contributed by atoms with Crippen LogP contribution in [-0.4, -0.2) is 39.5 Å². The van der Waals surface area contributed by atoms with E-state index >= 15 is 0 Å². The summed E-state index contributed by atoms with van der Waals surface area (Å²) in [7, 11) is 0. The number of amides is 1. The number of carboxylic acids is 1. The van der Waals surface area contributed by atoms with Crippen molar-refractivity contribution in [2.45, 2.75) is 51.5 Å². The Morgan fingerprint density at radius 2 is 1.75 bits per heavy atom. The first-order valence-corrected chi connectivity index (χ1v) is 8.73. The zero-order valence-corrected chi connectivity index (χ0v) is 14.0. The second kappa shape index (κ2) is 6.79. The van der Waals surface area contributed by atoms with Gasteiger partial charge in [0.1, 0.15) is 5.56 Å². The number of hydrogen-bond acceptors (Lipinski definition) is 3. The number of likely N-dealkylation sites (tertiary alicyclic amines) is 1. The smallest absolute Gasteiger partial charge is 0.341 e. The van der Waals surface area contributed by atoms with Crippen molar-refractivity contribution >= 4 is 11.9 Å². The highest BCUT2D eigenvalue weighted by atomic mass is 16.4. The second-order valence-electron chi connectivity index (χ2n) is 6.93. The lowest BCUT2D eigenvalue weighted by Crippen LogP contribution is -2.43. The Labute approximate surface area is 141 Å². The number of pyridine rings is 1. The largest absolute Gasteiger partial charge is 0.477 e. The third-order valence-corrected chi connectivity index (χ3v) is 5.42. The van der Waals surface area contributed by atoms with Gasteiger partial charge < -0.3 is 14.6 Å². The summed E-state index contributed by atoms with van der Waals surface area (Å²) >= 11 is 0. The van der Waals surface area contributed by atoms with E-state index in [1.165, 1.54) is 4.57 Å². The van der Waals surface area contributed by atoms with Crippen LogP contribution in [0.5, 0.6) is 0 Å². The van der Waals surface area contributed by atoms with Gasteiger partial charge in [-0.25, -0.2) is 4.79 Å². The third-order valence-electron chi connectivity index (χ3n) is 5.42. The van der Waals surface area contributed by atoms with Crippen LogP contribution in [0.1, 0.15) is 60.5 Å². The van der Waals surface area contributed by atoms with E-state index in [0.717, 1.165) is 25.7 Å². The summed E-state index contributed by atoms with van der Waals surface area (Å²) < 4.78 is 1.54. The monoisotopic (exact) mass is 332 g/mol. The Morgan fingerprint density at radius 3 is 2.33 bits per heavy atom. The van der Waals surface area contributed by atoms with E-state index in [1.54, 1.807) is 19.2 Å². The van der Waals surface area contributed by atoms with Gasteiger partial charge in [-0.05, 0) is 44.2 Å². The number of piperidine rings is 1. The number of aryl methyl sites for hydroxylation is 1. The number of hydrogen-bond donors (Lipinski definition) is 1. The van der Waals surface area contributed by atoms with E-state index in [4.69, 9.17) is 0 Å². The number of aromatic nitrogens is 1. The summed E-state index contributed by atoms with van der Waals surface area (Å²) in [5, 5.41) is 9.24. The topological polar surface area (TPSA) is 79.6 Å². The highest BCUT2D eigenvalue weighted by molar-refractivity contribution is 5.88. The van der Waals surface area contributed by atoms with Crippen LogP contribution in [0, 0.1) is 12.8 Å². The summed E-state index contributed by atoms with van der Waals surface area (Å²) in [4.78, 5) is 38.2. The average molecular weight is 332 g/mol. The number of aromatic carboxylic acids is 1. The normalized spacial score (nSPS) is 19.6. The maximum atomic E-state index is 12.5. The van der Waals surface area contributed by atoms with E-state index < -0.39 is 11.5 Å². The molecular weight excluding hydrogens is 308 g/mol. The fourth-order valence-corrected chi connectivity index (χ4v) is 3.98. The molecule has 130 valence electrons. The summed E-state index contributed by atoms with van der Waals surface area (Å²) in [6, 6.07) is 1.64. The number of carbonyl (C=O) groups is 2. The molecule has 0 atom stereocenters. The number of nitrogens with zero attached hydrogens (tertiary/aromatic N) is 2. The molecule has 24 heavy (non-hydrogen) atoms. The molecule has 1 aromatic heterocycles. The lowest BCUT2D eigenvalue weighted by molar-refractivity contribution is -0.136. The van der Waals surface area contributed by atoms with E-state index in [9.17, 15) is 19.5 Å². The van der Waals surface area contributed by atoms with Crippen LogP contribution in [0.25, 0.3) is 0 Å². The van der Waals surface area contributed by atoms with Crippen LogP contribution in [0.4, 0.5) is 0 Å². The summed E-state index contributed by atoms with van der Waals surface area (Å²) in [5.74, 6) is -0.739. The van der Waals surface area contributed by atoms with Gasteiger partial charge >= 0.3 is 5.97 Å². The molecule has 0 spiro atoms. The van der Waals surface area contributed by atoms with E-state index in [0.29, 0.717) is 31.5 Å². The van der Waals surface area contributed by atoms with Crippen LogP contribution in [0.15, 0.2) is 17.1 Å². The number of rotatable bonds is 3. The first-order valence-electron chi connectivity index (χ1n) is 8.73. The van der Waals surface area contributed by atoms with Crippen molar-refractivity contribution in [2.75, 3.05) is 13.1 Å². The molecule has 2 heterocycles. The van der Waals surface area contributed by atoms with Crippen molar-refractivity contribution < 1.29 is 14.7 Å². The van der Waals surface area contributed by atoms with Crippen molar-refractivity contribution in [3.63, 3.8) is 0 Å². The Bertz CT molecular complexity index is 695. The van der Waals surface area contributed by atoms with E-state index in [1.807, 2.05) is 4.90 Å². The van der Waals surface area contributed by atoms with Crippen molar-refractivity contribution in [3.05, 3.63) is 33.7 Å². The lowest BCUT2D eigenvalue weighted by Gasteiger charge is -2.34. The van der Waals surface area contributed by atoms with E-state index in [-0.39, 0.29) is 23.4 Å². The van der Waals surface area contributed by atoms with Crippen LogP contribution in [-0.2, 0) is 4.79 Å². The zero-order valence-electron chi connectivity index (χ0n) is 14.0. The first kappa shape index (κ1) is 16.7. The highest BCUT2D eigenvalue weighted by Gasteiger charge is 2.31. The molecule has 1 aliphatic carbocycles. The quantitative estimate of drug-likeness (QED) is 0.920. The fraction of sp³-hybridized carbons (Fsp3) is 0.611. The van der Waals surface area contributed by atoms with Gasteiger partial charge in [0.15, 0.2) is 0 Å². The van der Waals surface area contributed by atoms with Gasteiger partial charge in [-0.15, -0.1) is 0 Å².